The SMILES string of the molecule is CSc1cccc(N2CC(CO)OC(C)(C)C2)c1C(=N)N. The van der Waals surface area contributed by atoms with Gasteiger partial charge in [-0.05, 0) is 32.2 Å². The number of nitrogens with zero attached hydrogens (tertiary/aromatic N) is 1. The number of rotatable bonds is 4. The van der Waals surface area contributed by atoms with Gasteiger partial charge in [0, 0.05) is 23.7 Å². The topological polar surface area (TPSA) is 82.6 Å². The fourth-order valence-electron chi connectivity index (χ4n) is 2.80. The number of thioether (sulfide) groups is 1. The molecule has 0 amide bonds. The lowest BCUT2D eigenvalue weighted by Crippen LogP contribution is -2.54. The Labute approximate surface area is 130 Å². The number of aliphatic hydroxyl groups excluding tert-OH is 1. The van der Waals surface area contributed by atoms with Crippen LogP contribution in [0.5, 0.6) is 0 Å². The molecule has 1 fully saturated rings. The van der Waals surface area contributed by atoms with Crippen molar-refractivity contribution >= 4 is 23.3 Å². The van der Waals surface area contributed by atoms with E-state index in [1.807, 2.05) is 38.3 Å². The molecule has 0 aliphatic carbocycles. The highest BCUT2D eigenvalue weighted by Crippen LogP contribution is 2.33. The van der Waals surface area contributed by atoms with Gasteiger partial charge in [-0.15, -0.1) is 11.8 Å². The molecule has 0 spiro atoms. The summed E-state index contributed by atoms with van der Waals surface area (Å²) in [6.07, 6.45) is 1.75. The largest absolute Gasteiger partial charge is 0.394 e. The maximum absolute atomic E-state index is 9.44. The number of nitrogen functional groups attached to an aromatic ring is 1. The van der Waals surface area contributed by atoms with E-state index < -0.39 is 0 Å². The van der Waals surface area contributed by atoms with Crippen molar-refractivity contribution in [1.29, 1.82) is 5.41 Å². The Hall–Kier alpha value is -1.24. The summed E-state index contributed by atoms with van der Waals surface area (Å²) >= 11 is 1.58. The molecule has 0 aromatic heterocycles. The molecule has 116 valence electrons. The van der Waals surface area contributed by atoms with Crippen LogP contribution in [0.2, 0.25) is 0 Å². The second-order valence-corrected chi connectivity index (χ2v) is 6.68. The van der Waals surface area contributed by atoms with E-state index in [1.54, 1.807) is 11.8 Å². The maximum Gasteiger partial charge on any atom is 0.126 e. The van der Waals surface area contributed by atoms with Crippen molar-refractivity contribution in [2.45, 2.75) is 30.4 Å². The highest BCUT2D eigenvalue weighted by Gasteiger charge is 2.34. The zero-order valence-corrected chi connectivity index (χ0v) is 13.5. The van der Waals surface area contributed by atoms with E-state index in [-0.39, 0.29) is 24.1 Å². The molecule has 1 saturated heterocycles. The van der Waals surface area contributed by atoms with Crippen LogP contribution in [0.1, 0.15) is 19.4 Å². The Morgan fingerprint density at radius 1 is 1.57 bits per heavy atom. The minimum absolute atomic E-state index is 0.0163. The molecular weight excluding hydrogens is 286 g/mol. The van der Waals surface area contributed by atoms with Crippen LogP contribution in [-0.4, -0.2) is 48.6 Å². The van der Waals surface area contributed by atoms with Crippen molar-refractivity contribution in [1.82, 2.24) is 0 Å². The molecule has 1 unspecified atom stereocenters. The van der Waals surface area contributed by atoms with Crippen molar-refractivity contribution in [2.75, 3.05) is 30.9 Å². The quantitative estimate of drug-likeness (QED) is 0.448. The lowest BCUT2D eigenvalue weighted by Gasteiger charge is -2.44. The van der Waals surface area contributed by atoms with Gasteiger partial charge in [-0.25, -0.2) is 0 Å². The molecule has 0 saturated carbocycles. The van der Waals surface area contributed by atoms with Crippen molar-refractivity contribution in [3.63, 3.8) is 0 Å². The molecule has 1 aliphatic heterocycles. The zero-order valence-electron chi connectivity index (χ0n) is 12.7. The molecule has 0 bridgehead atoms. The third-order valence-electron chi connectivity index (χ3n) is 3.52. The fourth-order valence-corrected chi connectivity index (χ4v) is 3.43. The van der Waals surface area contributed by atoms with Crippen LogP contribution in [0, 0.1) is 5.41 Å². The number of nitrogens with two attached hydrogens (primary N) is 1. The number of amidine groups is 1. The highest BCUT2D eigenvalue weighted by molar-refractivity contribution is 7.98. The minimum Gasteiger partial charge on any atom is -0.394 e. The van der Waals surface area contributed by atoms with Gasteiger partial charge in [0.1, 0.15) is 5.84 Å². The number of morpholine rings is 1. The molecule has 6 heteroatoms. The zero-order chi connectivity index (χ0) is 15.6. The number of aliphatic hydroxyl groups is 1. The average Bonchev–Trinajstić information content (AvgIpc) is 2.44. The normalized spacial score (nSPS) is 21.3. The second-order valence-electron chi connectivity index (χ2n) is 5.83. The van der Waals surface area contributed by atoms with Crippen LogP contribution in [-0.2, 0) is 4.74 Å². The first-order valence-electron chi connectivity index (χ1n) is 6.93. The lowest BCUT2D eigenvalue weighted by atomic mass is 10.0. The van der Waals surface area contributed by atoms with Gasteiger partial charge in [-0.2, -0.15) is 0 Å². The predicted octanol–water partition coefficient (Wildman–Crippen LogP) is 1.67. The summed E-state index contributed by atoms with van der Waals surface area (Å²) in [5, 5.41) is 17.3. The first-order valence-corrected chi connectivity index (χ1v) is 8.15. The van der Waals surface area contributed by atoms with E-state index in [9.17, 15) is 5.11 Å². The van der Waals surface area contributed by atoms with Crippen molar-refractivity contribution in [3.8, 4) is 0 Å². The third-order valence-corrected chi connectivity index (χ3v) is 4.30. The number of hydrogen-bond acceptors (Lipinski definition) is 5. The number of anilines is 1. The molecule has 4 N–H and O–H groups in total. The molecule has 1 aromatic carbocycles. The van der Waals surface area contributed by atoms with Crippen molar-refractivity contribution in [3.05, 3.63) is 23.8 Å². The summed E-state index contributed by atoms with van der Waals surface area (Å²) in [7, 11) is 0. The molecule has 1 atom stereocenters. The van der Waals surface area contributed by atoms with E-state index in [0.29, 0.717) is 13.1 Å². The van der Waals surface area contributed by atoms with Crippen molar-refractivity contribution < 1.29 is 9.84 Å². The Balaban J connectivity index is 2.43. The summed E-state index contributed by atoms with van der Waals surface area (Å²) in [5.41, 5.74) is 7.14. The van der Waals surface area contributed by atoms with Gasteiger partial charge in [0.15, 0.2) is 0 Å². The summed E-state index contributed by atoms with van der Waals surface area (Å²) < 4.78 is 5.85. The van der Waals surface area contributed by atoms with Gasteiger partial charge >= 0.3 is 0 Å². The molecule has 1 aromatic rings. The van der Waals surface area contributed by atoms with E-state index in [0.717, 1.165) is 16.1 Å². The Bertz CT molecular complexity index is 534. The summed E-state index contributed by atoms with van der Waals surface area (Å²) in [5.74, 6) is 0.0693. The van der Waals surface area contributed by atoms with Crippen molar-refractivity contribution in [2.24, 2.45) is 5.73 Å². The van der Waals surface area contributed by atoms with Gasteiger partial charge in [0.2, 0.25) is 0 Å². The van der Waals surface area contributed by atoms with Crippen LogP contribution in [0.15, 0.2) is 23.1 Å². The van der Waals surface area contributed by atoms with Gasteiger partial charge in [0.25, 0.3) is 0 Å². The minimum atomic E-state index is -0.352. The molecular formula is C15H23N3O2S. The van der Waals surface area contributed by atoms with Crippen LogP contribution >= 0.6 is 11.8 Å². The number of hydrogen-bond donors (Lipinski definition) is 3. The first-order chi connectivity index (χ1) is 9.88. The average molecular weight is 309 g/mol. The second kappa shape index (κ2) is 6.25. The lowest BCUT2D eigenvalue weighted by molar-refractivity contribution is -0.101. The van der Waals surface area contributed by atoms with Crippen LogP contribution in [0.3, 0.4) is 0 Å². The molecule has 1 aliphatic rings. The monoisotopic (exact) mass is 309 g/mol. The number of nitrogens with one attached hydrogen (secondary N) is 1. The number of ether oxygens (including phenoxy) is 1. The van der Waals surface area contributed by atoms with Crippen LogP contribution in [0.25, 0.3) is 0 Å². The Morgan fingerprint density at radius 3 is 2.86 bits per heavy atom. The summed E-state index contributed by atoms with van der Waals surface area (Å²) in [6, 6.07) is 5.93. The van der Waals surface area contributed by atoms with E-state index in [2.05, 4.69) is 4.90 Å². The molecule has 1 heterocycles. The highest BCUT2D eigenvalue weighted by atomic mass is 32.2. The summed E-state index contributed by atoms with van der Waals surface area (Å²) in [4.78, 5) is 3.14. The van der Waals surface area contributed by atoms with Gasteiger partial charge in [0.05, 0.1) is 23.9 Å². The first kappa shape index (κ1) is 16.1. The smallest absolute Gasteiger partial charge is 0.126 e. The van der Waals surface area contributed by atoms with Gasteiger partial charge in [-0.3, -0.25) is 5.41 Å². The fraction of sp³-hybridized carbons (Fsp3) is 0.533. The standard InChI is InChI=1S/C15H23N3O2S/c1-15(2)9-18(7-10(8-19)20-15)11-5-4-6-12(21-3)13(11)14(16)17/h4-6,10,19H,7-9H2,1-3H3,(H3,16,17). The Morgan fingerprint density at radius 2 is 2.29 bits per heavy atom. The molecule has 21 heavy (non-hydrogen) atoms. The third kappa shape index (κ3) is 3.51. The Kier molecular flexibility index (Phi) is 4.81. The maximum atomic E-state index is 9.44. The van der Waals surface area contributed by atoms with Gasteiger partial charge < -0.3 is 20.5 Å². The van der Waals surface area contributed by atoms with E-state index >= 15 is 0 Å². The summed E-state index contributed by atoms with van der Waals surface area (Å²) in [6.45, 7) is 5.29. The molecule has 2 rings (SSSR count). The van der Waals surface area contributed by atoms with E-state index in [4.69, 9.17) is 15.9 Å². The predicted molar refractivity (Wildman–Crippen MR) is 87.5 cm³/mol. The number of benzene rings is 1. The molecule has 5 nitrogen and oxygen atoms in total. The van der Waals surface area contributed by atoms with Crippen LogP contribution < -0.4 is 10.6 Å². The molecule has 0 radical (unpaired) electrons. The van der Waals surface area contributed by atoms with E-state index in [1.165, 1.54) is 0 Å². The van der Waals surface area contributed by atoms with Gasteiger partial charge in [-0.1, -0.05) is 6.07 Å². The van der Waals surface area contributed by atoms with Crippen LogP contribution in [0.4, 0.5) is 5.69 Å².